The van der Waals surface area contributed by atoms with Gasteiger partial charge in [0.15, 0.2) is 6.10 Å². The highest BCUT2D eigenvalue weighted by molar-refractivity contribution is 8.01. The normalized spacial score (nSPS) is 23.0. The summed E-state index contributed by atoms with van der Waals surface area (Å²) in [5, 5.41) is 35.7. The number of benzene rings is 3. The molecule has 2 fully saturated rings. The Balaban J connectivity index is 1.41. The number of aliphatic hydroxyl groups excluding tert-OH is 2. The van der Waals surface area contributed by atoms with Gasteiger partial charge in [0.05, 0.1) is 22.8 Å². The number of phenolic OH excluding ortho intramolecular Hbond substituents is 1. The van der Waals surface area contributed by atoms with E-state index in [0.717, 1.165) is 16.7 Å². The molecule has 0 radical (unpaired) electrons. The lowest BCUT2D eigenvalue weighted by atomic mass is 9.87. The van der Waals surface area contributed by atoms with Crippen molar-refractivity contribution in [3.05, 3.63) is 101 Å². The number of amides is 3. The molecule has 2 unspecified atom stereocenters. The average molecular weight is 604 g/mol. The van der Waals surface area contributed by atoms with E-state index < -0.39 is 40.9 Å². The quantitative estimate of drug-likeness (QED) is 0.312. The maximum absolute atomic E-state index is 14.0. The average Bonchev–Trinajstić information content (AvgIpc) is 3.36. The van der Waals surface area contributed by atoms with Gasteiger partial charge in [0.2, 0.25) is 5.91 Å². The van der Waals surface area contributed by atoms with Gasteiger partial charge in [-0.3, -0.25) is 14.4 Å². The number of aryl methyl sites for hydroxylation is 1. The van der Waals surface area contributed by atoms with Crippen molar-refractivity contribution in [2.45, 2.75) is 62.8 Å². The largest absolute Gasteiger partial charge is 0.508 e. The lowest BCUT2D eigenvalue weighted by molar-refractivity contribution is -0.157. The molecule has 5 atom stereocenters. The maximum atomic E-state index is 14.0. The molecule has 0 aliphatic carbocycles. The number of carbonyl (C=O) groups excluding carboxylic acids is 3. The molecule has 43 heavy (non-hydrogen) atoms. The Hall–Kier alpha value is -3.86. The van der Waals surface area contributed by atoms with Crippen LogP contribution in [-0.4, -0.2) is 84.3 Å². The van der Waals surface area contributed by atoms with E-state index in [-0.39, 0.29) is 36.1 Å². The van der Waals surface area contributed by atoms with Crippen LogP contribution in [0.5, 0.6) is 5.75 Å². The Morgan fingerprint density at radius 2 is 1.74 bits per heavy atom. The standard InChI is InChI=1S/C33H37N3O6S/c1-20-10-7-8-13-23(20)17-35-18-27(38)33(3)29(32(35)42)36(19-43-33)31(41)28(39)25(16-22-11-5-4-6-12-22)34-30(40)24-14-9-15-26(37)21(24)2/h4-15,25,27-29,37-39H,16-19H2,1-3H3,(H,34,40)/t25-,27?,28-,29+,33?/m0/s1. The molecular weight excluding hydrogens is 566 g/mol. The fourth-order valence-corrected chi connectivity index (χ4v) is 7.22. The van der Waals surface area contributed by atoms with Crippen LogP contribution in [0, 0.1) is 13.8 Å². The predicted octanol–water partition coefficient (Wildman–Crippen LogP) is 2.77. The Morgan fingerprint density at radius 3 is 2.47 bits per heavy atom. The highest BCUT2D eigenvalue weighted by Gasteiger charge is 2.59. The molecule has 3 aromatic carbocycles. The number of piperidine rings is 1. The minimum absolute atomic E-state index is 0.0399. The van der Waals surface area contributed by atoms with E-state index in [1.54, 1.807) is 30.9 Å². The lowest BCUT2D eigenvalue weighted by Crippen LogP contribution is -2.67. The van der Waals surface area contributed by atoms with Crippen LogP contribution < -0.4 is 5.32 Å². The summed E-state index contributed by atoms with van der Waals surface area (Å²) in [5.41, 5.74) is 3.36. The Labute approximate surface area is 255 Å². The van der Waals surface area contributed by atoms with E-state index in [1.807, 2.05) is 61.5 Å². The predicted molar refractivity (Wildman–Crippen MR) is 164 cm³/mol. The van der Waals surface area contributed by atoms with Crippen LogP contribution in [0.2, 0.25) is 0 Å². The van der Waals surface area contributed by atoms with Crippen molar-refractivity contribution in [3.8, 4) is 5.75 Å². The van der Waals surface area contributed by atoms with Crippen LogP contribution in [0.3, 0.4) is 0 Å². The number of likely N-dealkylation sites (tertiary alicyclic amines) is 1. The number of hydrogen-bond donors (Lipinski definition) is 4. The van der Waals surface area contributed by atoms with Crippen molar-refractivity contribution in [1.29, 1.82) is 0 Å². The minimum Gasteiger partial charge on any atom is -0.508 e. The first kappa shape index (κ1) is 30.6. The molecule has 10 heteroatoms. The zero-order valence-electron chi connectivity index (χ0n) is 24.4. The fourth-order valence-electron chi connectivity index (χ4n) is 5.88. The SMILES string of the molecule is Cc1ccccc1CN1CC(O)C2(C)SCN(C(=O)[C@@H](O)[C@H](Cc3ccccc3)NC(=O)c3cccc(O)c3C)[C@@H]2C1=O. The van der Waals surface area contributed by atoms with E-state index in [0.29, 0.717) is 12.1 Å². The van der Waals surface area contributed by atoms with Crippen LogP contribution in [0.25, 0.3) is 0 Å². The van der Waals surface area contributed by atoms with Gasteiger partial charge in [-0.15, -0.1) is 11.8 Å². The van der Waals surface area contributed by atoms with Crippen LogP contribution in [-0.2, 0) is 22.6 Å². The number of phenols is 1. The summed E-state index contributed by atoms with van der Waals surface area (Å²) in [5.74, 6) is -1.47. The summed E-state index contributed by atoms with van der Waals surface area (Å²) in [6, 6.07) is 19.5. The van der Waals surface area contributed by atoms with Gasteiger partial charge in [-0.2, -0.15) is 0 Å². The molecule has 0 bridgehead atoms. The lowest BCUT2D eigenvalue weighted by Gasteiger charge is -2.46. The van der Waals surface area contributed by atoms with Crippen LogP contribution in [0.15, 0.2) is 72.8 Å². The summed E-state index contributed by atoms with van der Waals surface area (Å²) < 4.78 is -0.953. The van der Waals surface area contributed by atoms with Crippen molar-refractivity contribution >= 4 is 29.5 Å². The molecule has 0 saturated carbocycles. The van der Waals surface area contributed by atoms with Crippen molar-refractivity contribution < 1.29 is 29.7 Å². The van der Waals surface area contributed by atoms with Crippen molar-refractivity contribution in [2.75, 3.05) is 12.4 Å². The van der Waals surface area contributed by atoms with E-state index >= 15 is 0 Å². The molecule has 5 rings (SSSR count). The van der Waals surface area contributed by atoms with Crippen molar-refractivity contribution in [2.24, 2.45) is 0 Å². The second-order valence-corrected chi connectivity index (χ2v) is 12.9. The number of nitrogens with zero attached hydrogens (tertiary/aromatic N) is 2. The first-order chi connectivity index (χ1) is 20.5. The Morgan fingerprint density at radius 1 is 1.05 bits per heavy atom. The smallest absolute Gasteiger partial charge is 0.254 e. The molecule has 4 N–H and O–H groups in total. The van der Waals surface area contributed by atoms with Gasteiger partial charge < -0.3 is 30.4 Å². The van der Waals surface area contributed by atoms with Gasteiger partial charge in [0, 0.05) is 24.2 Å². The Bertz CT molecular complexity index is 1520. The molecule has 226 valence electrons. The summed E-state index contributed by atoms with van der Waals surface area (Å²) in [6.07, 6.45) is -2.43. The topological polar surface area (TPSA) is 130 Å². The zero-order chi connectivity index (χ0) is 30.9. The first-order valence-electron chi connectivity index (χ1n) is 14.3. The molecule has 2 aliphatic rings. The second kappa shape index (κ2) is 12.4. The van der Waals surface area contributed by atoms with E-state index in [1.165, 1.54) is 22.7 Å². The number of hydrogen-bond acceptors (Lipinski definition) is 7. The number of thioether (sulfide) groups is 1. The Kier molecular flexibility index (Phi) is 8.82. The van der Waals surface area contributed by atoms with E-state index in [4.69, 9.17) is 0 Å². The van der Waals surface area contributed by atoms with Crippen LogP contribution in [0.1, 0.15) is 39.5 Å². The maximum Gasteiger partial charge on any atom is 0.254 e. The zero-order valence-corrected chi connectivity index (χ0v) is 25.3. The molecule has 0 aromatic heterocycles. The highest BCUT2D eigenvalue weighted by atomic mass is 32.2. The second-order valence-electron chi connectivity index (χ2n) is 11.5. The first-order valence-corrected chi connectivity index (χ1v) is 15.3. The van der Waals surface area contributed by atoms with Gasteiger partial charge in [-0.25, -0.2) is 0 Å². The van der Waals surface area contributed by atoms with Crippen molar-refractivity contribution in [1.82, 2.24) is 15.1 Å². The molecule has 2 saturated heterocycles. The fraction of sp³-hybridized carbons (Fsp3) is 0.364. The molecule has 3 aromatic rings. The van der Waals surface area contributed by atoms with E-state index in [2.05, 4.69) is 5.32 Å². The number of rotatable bonds is 8. The van der Waals surface area contributed by atoms with Gasteiger partial charge in [0.1, 0.15) is 11.8 Å². The van der Waals surface area contributed by atoms with Gasteiger partial charge >= 0.3 is 0 Å². The summed E-state index contributed by atoms with van der Waals surface area (Å²) in [4.78, 5) is 44.2. The summed E-state index contributed by atoms with van der Waals surface area (Å²) in [7, 11) is 0. The third kappa shape index (κ3) is 6.00. The van der Waals surface area contributed by atoms with Gasteiger partial charge in [-0.05, 0) is 56.0 Å². The number of fused-ring (bicyclic) bond motifs is 1. The molecular formula is C33H37N3O6S. The summed E-state index contributed by atoms with van der Waals surface area (Å²) >= 11 is 1.32. The molecule has 0 spiro atoms. The number of aromatic hydroxyl groups is 1. The van der Waals surface area contributed by atoms with Gasteiger partial charge in [-0.1, -0.05) is 60.7 Å². The number of carbonyl (C=O) groups is 3. The summed E-state index contributed by atoms with van der Waals surface area (Å²) in [6.45, 7) is 5.78. The molecule has 3 amide bonds. The number of nitrogens with one attached hydrogen (secondary N) is 1. The third-order valence-electron chi connectivity index (χ3n) is 8.67. The monoisotopic (exact) mass is 603 g/mol. The van der Waals surface area contributed by atoms with Crippen molar-refractivity contribution in [3.63, 3.8) is 0 Å². The van der Waals surface area contributed by atoms with Crippen LogP contribution in [0.4, 0.5) is 0 Å². The number of β-amino-alcohol motifs (C(OH)–C–C–N with tert-alkyl or cyclic N) is 1. The van der Waals surface area contributed by atoms with Crippen LogP contribution >= 0.6 is 11.8 Å². The highest BCUT2D eigenvalue weighted by Crippen LogP contribution is 2.46. The van der Waals surface area contributed by atoms with Gasteiger partial charge in [0.25, 0.3) is 11.8 Å². The molecule has 2 aliphatic heterocycles. The number of aliphatic hydroxyl groups is 2. The molecule has 2 heterocycles. The minimum atomic E-state index is -1.68. The molecule has 9 nitrogen and oxygen atoms in total. The van der Waals surface area contributed by atoms with E-state index in [9.17, 15) is 29.7 Å². The third-order valence-corrected chi connectivity index (χ3v) is 10.2.